The van der Waals surface area contributed by atoms with E-state index in [1.165, 1.54) is 12.3 Å². The summed E-state index contributed by atoms with van der Waals surface area (Å²) in [6.07, 6.45) is -7.49. The number of nitrogens with two attached hydrogens (primary N) is 2. The van der Waals surface area contributed by atoms with Crippen molar-refractivity contribution in [3.8, 4) is 0 Å². The maximum Gasteiger partial charge on any atom is 0.325 e. The second-order valence-corrected chi connectivity index (χ2v) is 12.3. The molecule has 8 N–H and O–H groups in total. The number of rotatable bonds is 8. The fourth-order valence-electron chi connectivity index (χ4n) is 4.84. The molecule has 4 aromatic heterocycles. The van der Waals surface area contributed by atoms with Crippen molar-refractivity contribution in [1.29, 1.82) is 0 Å². The van der Waals surface area contributed by atoms with E-state index in [1.807, 2.05) is 0 Å². The molecule has 2 fully saturated rings. The number of anilines is 2. The topological polar surface area (TPSA) is 257 Å². The number of hydrogen-bond acceptors (Lipinski definition) is 15. The molecule has 0 bridgehead atoms. The van der Waals surface area contributed by atoms with Gasteiger partial charge in [-0.05, 0) is 17.9 Å². The molecule has 2 aliphatic rings. The Morgan fingerprint density at radius 3 is 2.86 bits per heavy atom. The van der Waals surface area contributed by atoms with E-state index in [-0.39, 0.29) is 28.6 Å². The smallest absolute Gasteiger partial charge is 0.325 e. The van der Waals surface area contributed by atoms with Gasteiger partial charge in [-0.2, -0.15) is 9.67 Å². The first-order valence-electron chi connectivity index (χ1n) is 12.2. The average Bonchev–Trinajstić information content (AvgIpc) is 3.70. The number of aromatic nitrogens is 8. The minimum atomic E-state index is -4.36. The molecular formula is C20H23F2N10O8PS. The van der Waals surface area contributed by atoms with E-state index >= 15 is 8.78 Å². The number of halogens is 2. The van der Waals surface area contributed by atoms with E-state index in [1.54, 1.807) is 0 Å². The second kappa shape index (κ2) is 10.5. The van der Waals surface area contributed by atoms with Gasteiger partial charge in [0.15, 0.2) is 23.6 Å². The normalized spacial score (nSPS) is 31.3. The van der Waals surface area contributed by atoms with Crippen molar-refractivity contribution in [1.82, 2.24) is 39.5 Å². The number of aromatic amines is 1. The van der Waals surface area contributed by atoms with E-state index in [0.29, 0.717) is 5.39 Å². The summed E-state index contributed by atoms with van der Waals surface area (Å²) < 4.78 is 54.9. The number of alkyl halides is 2. The lowest BCUT2D eigenvalue weighted by molar-refractivity contribution is -0.0577. The minimum Gasteiger partial charge on any atom is -0.394 e. The lowest BCUT2D eigenvalue weighted by Gasteiger charge is -2.27. The third-order valence-electron chi connectivity index (χ3n) is 6.91. The molecule has 0 aromatic carbocycles. The predicted molar refractivity (Wildman–Crippen MR) is 140 cm³/mol. The fourth-order valence-corrected chi connectivity index (χ4v) is 6.24. The lowest BCUT2D eigenvalue weighted by Crippen LogP contribution is -2.43. The van der Waals surface area contributed by atoms with E-state index in [2.05, 4.69) is 30.2 Å². The van der Waals surface area contributed by atoms with E-state index in [0.717, 1.165) is 15.6 Å². The van der Waals surface area contributed by atoms with Crippen LogP contribution in [0.3, 0.4) is 0 Å². The zero-order chi connectivity index (χ0) is 30.0. The SMILES string of the molecule is Nc1nc2c(nnn2[C@@H]2O[C@H](CO)[C@H](F)[C@H]2OP(O)(=S)OC[C@H]2OC[C@@](F)(n3ccc4c(N)ncnc43)[C@@H]2O)c(=O)[nH]1. The molecule has 2 aliphatic heterocycles. The molecule has 1 unspecified atom stereocenters. The molecule has 0 spiro atoms. The van der Waals surface area contributed by atoms with Gasteiger partial charge in [0.05, 0.1) is 18.6 Å². The molecular weight excluding hydrogens is 609 g/mol. The van der Waals surface area contributed by atoms with Gasteiger partial charge in [-0.3, -0.25) is 18.9 Å². The number of hydrogen-bond donors (Lipinski definition) is 6. The van der Waals surface area contributed by atoms with Crippen molar-refractivity contribution < 1.29 is 42.4 Å². The standard InChI is InChI=1S/C20H23F2N10O8PS/c21-10-8(3-33)39-18(32-16-11(29-30-32)17(35)28-19(24)27-16)12(10)40-41(36,42)38-4-9-13(34)20(22,5-37-9)31-2-1-7-14(23)25-6-26-15(7)31/h1-2,6,8-10,12-13,18,33-34H,3-5H2,(H,36,42)(H2,23,25,26)(H3,24,27,28,35)/t8-,9-,10+,12-,13-,18-,20-,41?/m1/s1. The van der Waals surface area contributed by atoms with Crippen LogP contribution >= 0.6 is 6.72 Å². The molecule has 2 saturated heterocycles. The maximum atomic E-state index is 16.0. The van der Waals surface area contributed by atoms with E-state index < -0.39 is 74.7 Å². The van der Waals surface area contributed by atoms with Crippen molar-refractivity contribution in [2.45, 2.75) is 42.6 Å². The highest BCUT2D eigenvalue weighted by Crippen LogP contribution is 2.51. The van der Waals surface area contributed by atoms with Crippen molar-refractivity contribution in [3.63, 3.8) is 0 Å². The Labute approximate surface area is 237 Å². The van der Waals surface area contributed by atoms with Crippen LogP contribution in [0.4, 0.5) is 20.5 Å². The van der Waals surface area contributed by atoms with E-state index in [4.69, 9.17) is 41.8 Å². The Hall–Kier alpha value is -3.27. The molecule has 0 aliphatic carbocycles. The number of nitrogens with one attached hydrogen (secondary N) is 1. The monoisotopic (exact) mass is 632 g/mol. The highest BCUT2D eigenvalue weighted by molar-refractivity contribution is 8.07. The third kappa shape index (κ3) is 4.71. The average molecular weight is 633 g/mol. The van der Waals surface area contributed by atoms with Crippen molar-refractivity contribution in [2.75, 3.05) is 31.3 Å². The van der Waals surface area contributed by atoms with Crippen LogP contribution in [0.5, 0.6) is 0 Å². The first-order valence-corrected chi connectivity index (χ1v) is 14.8. The molecule has 0 saturated carbocycles. The summed E-state index contributed by atoms with van der Waals surface area (Å²) in [4.78, 5) is 37.0. The molecule has 18 nitrogen and oxygen atoms in total. The predicted octanol–water partition coefficient (Wildman–Crippen LogP) is -1.65. The van der Waals surface area contributed by atoms with Gasteiger partial charge in [0.25, 0.3) is 5.56 Å². The number of nitrogens with zero attached hydrogens (tertiary/aromatic N) is 7. The van der Waals surface area contributed by atoms with Gasteiger partial charge >= 0.3 is 6.72 Å². The zero-order valence-electron chi connectivity index (χ0n) is 21.1. The van der Waals surface area contributed by atoms with Crippen LogP contribution in [0, 0.1) is 0 Å². The molecule has 6 heterocycles. The van der Waals surface area contributed by atoms with Crippen LogP contribution in [-0.2, 0) is 36.1 Å². The first-order chi connectivity index (χ1) is 19.9. The van der Waals surface area contributed by atoms with Crippen molar-refractivity contribution >= 4 is 52.5 Å². The fraction of sp³-hybridized carbons (Fsp3) is 0.500. The number of ether oxygens (including phenoxy) is 2. The highest BCUT2D eigenvalue weighted by atomic mass is 32.5. The van der Waals surface area contributed by atoms with Gasteiger partial charge in [-0.15, -0.1) is 5.10 Å². The van der Waals surface area contributed by atoms with E-state index in [9.17, 15) is 19.9 Å². The highest BCUT2D eigenvalue weighted by Gasteiger charge is 2.54. The molecule has 8 atom stereocenters. The van der Waals surface area contributed by atoms with Crippen molar-refractivity contribution in [2.24, 2.45) is 0 Å². The van der Waals surface area contributed by atoms with Gasteiger partial charge in [-0.25, -0.2) is 18.7 Å². The summed E-state index contributed by atoms with van der Waals surface area (Å²) in [7, 11) is 0. The first kappa shape index (κ1) is 28.8. The van der Waals surface area contributed by atoms with Crippen LogP contribution in [0.2, 0.25) is 0 Å². The molecule has 22 heteroatoms. The van der Waals surface area contributed by atoms with Gasteiger partial charge in [0.2, 0.25) is 11.7 Å². The largest absolute Gasteiger partial charge is 0.394 e. The summed E-state index contributed by atoms with van der Waals surface area (Å²) in [5.74, 6) is -2.68. The van der Waals surface area contributed by atoms with Gasteiger partial charge < -0.3 is 40.6 Å². The summed E-state index contributed by atoms with van der Waals surface area (Å²) in [6, 6.07) is 1.48. The number of nitrogen functional groups attached to an aromatic ring is 2. The molecule has 6 rings (SSSR count). The van der Waals surface area contributed by atoms with Crippen LogP contribution in [0.15, 0.2) is 23.4 Å². The van der Waals surface area contributed by atoms with Crippen molar-refractivity contribution in [3.05, 3.63) is 28.9 Å². The summed E-state index contributed by atoms with van der Waals surface area (Å²) >= 11 is 5.05. The summed E-state index contributed by atoms with van der Waals surface area (Å²) in [5, 5.41) is 28.2. The third-order valence-corrected chi connectivity index (χ3v) is 8.47. The minimum absolute atomic E-state index is 0.113. The van der Waals surface area contributed by atoms with Crippen LogP contribution in [0.25, 0.3) is 22.2 Å². The Morgan fingerprint density at radius 1 is 1.31 bits per heavy atom. The zero-order valence-corrected chi connectivity index (χ0v) is 22.8. The molecule has 226 valence electrons. The van der Waals surface area contributed by atoms with Crippen LogP contribution < -0.4 is 17.0 Å². The Morgan fingerprint density at radius 2 is 2.10 bits per heavy atom. The van der Waals surface area contributed by atoms with Crippen LogP contribution in [-0.4, -0.2) is 105 Å². The molecule has 42 heavy (non-hydrogen) atoms. The molecule has 0 radical (unpaired) electrons. The number of H-pyrrole nitrogens is 1. The second-order valence-electron chi connectivity index (χ2n) is 9.48. The van der Waals surface area contributed by atoms with Gasteiger partial charge in [-0.1, -0.05) is 5.21 Å². The lowest BCUT2D eigenvalue weighted by atomic mass is 10.1. The van der Waals surface area contributed by atoms with Gasteiger partial charge in [0.1, 0.15) is 48.8 Å². The van der Waals surface area contributed by atoms with Crippen LogP contribution in [0.1, 0.15) is 6.23 Å². The number of aliphatic hydroxyl groups is 2. The Kier molecular flexibility index (Phi) is 7.19. The Balaban J connectivity index is 1.19. The number of aliphatic hydroxyl groups excluding tert-OH is 2. The molecule has 4 aromatic rings. The summed E-state index contributed by atoms with van der Waals surface area (Å²) in [6.45, 7) is -6.43. The maximum absolute atomic E-state index is 16.0. The van der Waals surface area contributed by atoms with Gasteiger partial charge in [0, 0.05) is 6.20 Å². The Bertz CT molecular complexity index is 1760. The number of fused-ring (bicyclic) bond motifs is 2. The quantitative estimate of drug-likeness (QED) is 0.119. The summed E-state index contributed by atoms with van der Waals surface area (Å²) in [5.41, 5.74) is 10.4. The molecule has 0 amide bonds.